The van der Waals surface area contributed by atoms with Crippen molar-refractivity contribution in [2.24, 2.45) is 0 Å². The molecule has 1 aromatic heterocycles. The highest BCUT2D eigenvalue weighted by Gasteiger charge is 2.05. The normalized spacial score (nSPS) is 9.94. The molecule has 0 aliphatic rings. The maximum Gasteiger partial charge on any atom is 0.303 e. The summed E-state index contributed by atoms with van der Waals surface area (Å²) in [6.07, 6.45) is 1.27. The number of hydrogen-bond donors (Lipinski definition) is 2. The molecule has 1 aromatic rings. The topological polar surface area (TPSA) is 106 Å². The Labute approximate surface area is 97.6 Å². The van der Waals surface area contributed by atoms with Gasteiger partial charge in [-0.25, -0.2) is 0 Å². The molecule has 0 aliphatic heterocycles. The molecule has 0 saturated heterocycles. The average Bonchev–Trinajstić information content (AvgIpc) is 2.74. The van der Waals surface area contributed by atoms with Gasteiger partial charge in [0.15, 0.2) is 0 Å². The zero-order valence-corrected chi connectivity index (χ0v) is 9.42. The summed E-state index contributed by atoms with van der Waals surface area (Å²) in [5.74, 6) is -0.882. The molecule has 0 fully saturated rings. The second-order valence-electron chi connectivity index (χ2n) is 3.23. The number of nitrogens with zero attached hydrogens (tertiary/aromatic N) is 3. The Morgan fingerprint density at radius 1 is 1.53 bits per heavy atom. The standard InChI is InChI=1S/C9H14N4O4/c1-17-8-6-11-13(12-8)5-4-10-7(14)2-3-9(15)16/h6H,2-5H2,1H3,(H,10,14)(H,15,16). The lowest BCUT2D eigenvalue weighted by Gasteiger charge is -2.03. The SMILES string of the molecule is COc1cnn(CCNC(=O)CCC(=O)O)n1. The molecule has 1 heterocycles. The molecule has 0 radical (unpaired) electrons. The molecule has 0 unspecified atom stereocenters. The van der Waals surface area contributed by atoms with Gasteiger partial charge in [-0.15, -0.1) is 5.10 Å². The minimum atomic E-state index is -0.987. The summed E-state index contributed by atoms with van der Waals surface area (Å²) in [5.41, 5.74) is 0. The van der Waals surface area contributed by atoms with Gasteiger partial charge in [-0.3, -0.25) is 9.59 Å². The zero-order chi connectivity index (χ0) is 12.7. The summed E-state index contributed by atoms with van der Waals surface area (Å²) >= 11 is 0. The predicted octanol–water partition coefficient (Wildman–Crippen LogP) is -0.732. The van der Waals surface area contributed by atoms with Gasteiger partial charge >= 0.3 is 5.97 Å². The molecule has 0 atom stereocenters. The number of rotatable bonds is 7. The smallest absolute Gasteiger partial charge is 0.303 e. The molecular weight excluding hydrogens is 228 g/mol. The van der Waals surface area contributed by atoms with Crippen molar-refractivity contribution >= 4 is 11.9 Å². The van der Waals surface area contributed by atoms with E-state index in [1.54, 1.807) is 0 Å². The van der Waals surface area contributed by atoms with Crippen LogP contribution in [0.3, 0.4) is 0 Å². The first-order chi connectivity index (χ1) is 8.11. The Hall–Kier alpha value is -2.12. The van der Waals surface area contributed by atoms with Crippen LogP contribution in [0, 0.1) is 0 Å². The van der Waals surface area contributed by atoms with Gasteiger partial charge in [-0.1, -0.05) is 0 Å². The van der Waals surface area contributed by atoms with Crippen LogP contribution < -0.4 is 10.1 Å². The first-order valence-electron chi connectivity index (χ1n) is 5.04. The minimum absolute atomic E-state index is 0.0226. The van der Waals surface area contributed by atoms with Crippen molar-refractivity contribution in [1.82, 2.24) is 20.3 Å². The van der Waals surface area contributed by atoms with Gasteiger partial charge < -0.3 is 15.2 Å². The number of carbonyl (C=O) groups excluding carboxylic acids is 1. The third-order valence-electron chi connectivity index (χ3n) is 1.92. The molecule has 17 heavy (non-hydrogen) atoms. The van der Waals surface area contributed by atoms with Crippen LogP contribution in [-0.2, 0) is 16.1 Å². The van der Waals surface area contributed by atoms with E-state index in [1.165, 1.54) is 18.1 Å². The summed E-state index contributed by atoms with van der Waals surface area (Å²) < 4.78 is 4.84. The van der Waals surface area contributed by atoms with Crippen molar-refractivity contribution in [1.29, 1.82) is 0 Å². The lowest BCUT2D eigenvalue weighted by Crippen LogP contribution is -2.28. The molecule has 0 bridgehead atoms. The molecule has 0 spiro atoms. The van der Waals surface area contributed by atoms with E-state index >= 15 is 0 Å². The molecule has 2 N–H and O–H groups in total. The van der Waals surface area contributed by atoms with Gasteiger partial charge in [-0.2, -0.15) is 9.90 Å². The van der Waals surface area contributed by atoms with E-state index in [9.17, 15) is 9.59 Å². The fourth-order valence-electron chi connectivity index (χ4n) is 1.09. The van der Waals surface area contributed by atoms with E-state index < -0.39 is 5.97 Å². The predicted molar refractivity (Wildman–Crippen MR) is 56.5 cm³/mol. The number of hydrogen-bond acceptors (Lipinski definition) is 5. The fraction of sp³-hybridized carbons (Fsp3) is 0.556. The molecule has 0 saturated carbocycles. The number of carbonyl (C=O) groups is 2. The number of aromatic nitrogens is 3. The van der Waals surface area contributed by atoms with Crippen molar-refractivity contribution in [2.75, 3.05) is 13.7 Å². The quantitative estimate of drug-likeness (QED) is 0.652. The highest BCUT2D eigenvalue weighted by molar-refractivity contribution is 5.80. The number of carboxylic acid groups (broad SMARTS) is 1. The van der Waals surface area contributed by atoms with Crippen LogP contribution in [0.1, 0.15) is 12.8 Å². The monoisotopic (exact) mass is 242 g/mol. The van der Waals surface area contributed by atoms with Crippen LogP contribution in [-0.4, -0.2) is 45.6 Å². The van der Waals surface area contributed by atoms with Crippen LogP contribution >= 0.6 is 0 Å². The van der Waals surface area contributed by atoms with E-state index in [0.717, 1.165) is 0 Å². The van der Waals surface area contributed by atoms with Gasteiger partial charge in [0.2, 0.25) is 5.91 Å². The van der Waals surface area contributed by atoms with Crippen LogP contribution in [0.4, 0.5) is 0 Å². The number of carboxylic acids is 1. The summed E-state index contributed by atoms with van der Waals surface area (Å²) in [6, 6.07) is 0. The third kappa shape index (κ3) is 4.96. The van der Waals surface area contributed by atoms with Gasteiger partial charge in [0.25, 0.3) is 5.88 Å². The van der Waals surface area contributed by atoms with Gasteiger partial charge in [0, 0.05) is 13.0 Å². The number of ether oxygens (including phenoxy) is 1. The maximum absolute atomic E-state index is 11.1. The Morgan fingerprint density at radius 2 is 2.29 bits per heavy atom. The van der Waals surface area contributed by atoms with Gasteiger partial charge in [0.05, 0.1) is 20.1 Å². The molecule has 0 aliphatic carbocycles. The number of aliphatic carboxylic acids is 1. The van der Waals surface area contributed by atoms with Crippen molar-refractivity contribution in [2.45, 2.75) is 19.4 Å². The molecule has 1 amide bonds. The van der Waals surface area contributed by atoms with Crippen LogP contribution in [0.5, 0.6) is 5.88 Å². The Kier molecular flexibility index (Phi) is 4.92. The van der Waals surface area contributed by atoms with E-state index in [2.05, 4.69) is 15.5 Å². The number of amides is 1. The summed E-state index contributed by atoms with van der Waals surface area (Å²) in [7, 11) is 1.49. The first-order valence-corrected chi connectivity index (χ1v) is 5.04. The number of nitrogens with one attached hydrogen (secondary N) is 1. The van der Waals surface area contributed by atoms with Crippen LogP contribution in [0.25, 0.3) is 0 Å². The molecule has 1 rings (SSSR count). The van der Waals surface area contributed by atoms with Gasteiger partial charge in [-0.05, 0) is 0 Å². The number of methoxy groups -OCH3 is 1. The summed E-state index contributed by atoms with van der Waals surface area (Å²) in [6.45, 7) is 0.748. The van der Waals surface area contributed by atoms with E-state index in [4.69, 9.17) is 9.84 Å². The zero-order valence-electron chi connectivity index (χ0n) is 9.42. The van der Waals surface area contributed by atoms with E-state index in [1.807, 2.05) is 0 Å². The highest BCUT2D eigenvalue weighted by atomic mass is 16.5. The summed E-state index contributed by atoms with van der Waals surface area (Å²) in [4.78, 5) is 22.8. The Morgan fingerprint density at radius 3 is 2.88 bits per heavy atom. The van der Waals surface area contributed by atoms with E-state index in [-0.39, 0.29) is 18.7 Å². The largest absolute Gasteiger partial charge is 0.481 e. The van der Waals surface area contributed by atoms with Gasteiger partial charge in [0.1, 0.15) is 6.20 Å². The van der Waals surface area contributed by atoms with E-state index in [0.29, 0.717) is 19.0 Å². The molecule has 8 nitrogen and oxygen atoms in total. The third-order valence-corrected chi connectivity index (χ3v) is 1.92. The highest BCUT2D eigenvalue weighted by Crippen LogP contribution is 1.99. The minimum Gasteiger partial charge on any atom is -0.481 e. The lowest BCUT2D eigenvalue weighted by molar-refractivity contribution is -0.138. The Bertz CT molecular complexity index is 390. The van der Waals surface area contributed by atoms with Crippen molar-refractivity contribution in [3.05, 3.63) is 6.20 Å². The molecule has 0 aromatic carbocycles. The second-order valence-corrected chi connectivity index (χ2v) is 3.23. The van der Waals surface area contributed by atoms with Crippen molar-refractivity contribution in [3.8, 4) is 5.88 Å². The van der Waals surface area contributed by atoms with Crippen molar-refractivity contribution in [3.63, 3.8) is 0 Å². The van der Waals surface area contributed by atoms with Crippen LogP contribution in [0.2, 0.25) is 0 Å². The Balaban J connectivity index is 2.18. The fourth-order valence-corrected chi connectivity index (χ4v) is 1.09. The molecule has 8 heteroatoms. The summed E-state index contributed by atoms with van der Waals surface area (Å²) in [5, 5.41) is 18.8. The van der Waals surface area contributed by atoms with Crippen molar-refractivity contribution < 1.29 is 19.4 Å². The molecular formula is C9H14N4O4. The lowest BCUT2D eigenvalue weighted by atomic mass is 10.3. The average molecular weight is 242 g/mol. The second kappa shape index (κ2) is 6.46. The van der Waals surface area contributed by atoms with Crippen LogP contribution in [0.15, 0.2) is 6.20 Å². The first kappa shape index (κ1) is 12.9. The molecule has 94 valence electrons. The maximum atomic E-state index is 11.1.